The van der Waals surface area contributed by atoms with E-state index in [0.29, 0.717) is 10.2 Å². The fourth-order valence-corrected chi connectivity index (χ4v) is 2.21. The Hall–Kier alpha value is -1.63. The van der Waals surface area contributed by atoms with Gasteiger partial charge in [-0.1, -0.05) is 40.1 Å². The molecule has 0 radical (unpaired) electrons. The third-order valence-electron chi connectivity index (χ3n) is 2.56. The van der Waals surface area contributed by atoms with E-state index in [9.17, 15) is 4.79 Å². The zero-order chi connectivity index (χ0) is 15.4. The second kappa shape index (κ2) is 6.89. The highest BCUT2D eigenvalue weighted by atomic mass is 35.5. The van der Waals surface area contributed by atoms with Crippen LogP contribution in [0.1, 0.15) is 16.1 Å². The Bertz CT molecular complexity index is 722. The maximum Gasteiger partial charge on any atom is 0.217 e. The lowest BCUT2D eigenvalue weighted by molar-refractivity contribution is 0.106. The molecule has 1 aromatic heterocycles. The summed E-state index contributed by atoms with van der Waals surface area (Å²) in [6.07, 6.45) is 3.29. The van der Waals surface area contributed by atoms with Gasteiger partial charge in [0.2, 0.25) is 5.78 Å². The number of rotatable bonds is 4. The molecule has 0 aliphatic rings. The van der Waals surface area contributed by atoms with Gasteiger partial charge >= 0.3 is 0 Å². The SMILES string of the molecule is CSc1nccc(/C(=N\O)C(=O)c2ccc(Cl)c(Cl)c2)n1. The van der Waals surface area contributed by atoms with Crippen LogP contribution in [0.5, 0.6) is 0 Å². The van der Waals surface area contributed by atoms with Gasteiger partial charge in [-0.2, -0.15) is 0 Å². The number of aromatic nitrogens is 2. The maximum atomic E-state index is 12.4. The van der Waals surface area contributed by atoms with Crippen molar-refractivity contribution in [2.75, 3.05) is 6.26 Å². The maximum absolute atomic E-state index is 12.4. The molecule has 0 atom stereocenters. The van der Waals surface area contributed by atoms with Gasteiger partial charge in [-0.25, -0.2) is 9.97 Å². The first kappa shape index (κ1) is 15.8. The summed E-state index contributed by atoms with van der Waals surface area (Å²) in [5.41, 5.74) is 0.292. The molecule has 21 heavy (non-hydrogen) atoms. The lowest BCUT2D eigenvalue weighted by atomic mass is 10.0. The summed E-state index contributed by atoms with van der Waals surface area (Å²) in [4.78, 5) is 20.5. The van der Waals surface area contributed by atoms with Gasteiger partial charge in [0.15, 0.2) is 10.9 Å². The molecular weight excluding hydrogens is 333 g/mol. The van der Waals surface area contributed by atoms with Gasteiger partial charge in [0.25, 0.3) is 0 Å². The predicted octanol–water partition coefficient (Wildman–Crippen LogP) is 3.57. The zero-order valence-electron chi connectivity index (χ0n) is 10.7. The van der Waals surface area contributed by atoms with Crippen LogP contribution in [0.25, 0.3) is 0 Å². The van der Waals surface area contributed by atoms with Crippen molar-refractivity contribution in [1.82, 2.24) is 9.97 Å². The number of ketones is 1. The van der Waals surface area contributed by atoms with Gasteiger partial charge in [-0.15, -0.1) is 0 Å². The van der Waals surface area contributed by atoms with Gasteiger partial charge < -0.3 is 5.21 Å². The van der Waals surface area contributed by atoms with Crippen molar-refractivity contribution in [1.29, 1.82) is 0 Å². The van der Waals surface area contributed by atoms with Crippen molar-refractivity contribution in [2.45, 2.75) is 5.16 Å². The van der Waals surface area contributed by atoms with Crippen LogP contribution in [0, 0.1) is 0 Å². The lowest BCUT2D eigenvalue weighted by Gasteiger charge is -2.05. The Morgan fingerprint density at radius 3 is 2.67 bits per heavy atom. The Morgan fingerprint density at radius 2 is 2.05 bits per heavy atom. The Balaban J connectivity index is 2.41. The van der Waals surface area contributed by atoms with Crippen LogP contribution in [0.2, 0.25) is 10.0 Å². The number of Topliss-reactive ketones (excluding diaryl/α,β-unsaturated/α-hetero) is 1. The summed E-state index contributed by atoms with van der Waals surface area (Å²) in [5, 5.41) is 13.2. The van der Waals surface area contributed by atoms with Gasteiger partial charge in [0.05, 0.1) is 10.0 Å². The van der Waals surface area contributed by atoms with Crippen LogP contribution in [0.15, 0.2) is 40.8 Å². The zero-order valence-corrected chi connectivity index (χ0v) is 13.1. The van der Waals surface area contributed by atoms with Crippen molar-refractivity contribution in [3.63, 3.8) is 0 Å². The molecule has 0 unspecified atom stereocenters. The molecule has 2 aromatic rings. The molecule has 5 nitrogen and oxygen atoms in total. The normalized spacial score (nSPS) is 11.5. The number of carbonyl (C=O) groups excluding carboxylic acids is 1. The van der Waals surface area contributed by atoms with E-state index in [1.807, 2.05) is 0 Å². The van der Waals surface area contributed by atoms with Crippen molar-refractivity contribution < 1.29 is 10.0 Å². The molecule has 0 spiro atoms. The van der Waals surface area contributed by atoms with Crippen molar-refractivity contribution in [3.8, 4) is 0 Å². The molecule has 0 fully saturated rings. The number of halogens is 2. The molecule has 2 rings (SSSR count). The molecule has 1 aromatic carbocycles. The summed E-state index contributed by atoms with van der Waals surface area (Å²) >= 11 is 13.0. The van der Waals surface area contributed by atoms with Gasteiger partial charge in [0, 0.05) is 11.8 Å². The molecule has 0 saturated carbocycles. The smallest absolute Gasteiger partial charge is 0.217 e. The molecule has 0 bridgehead atoms. The molecular formula is C13H9Cl2N3O2S. The molecule has 0 aliphatic heterocycles. The van der Waals surface area contributed by atoms with E-state index < -0.39 is 5.78 Å². The summed E-state index contributed by atoms with van der Waals surface area (Å²) in [6.45, 7) is 0. The first-order valence-corrected chi connectivity index (χ1v) is 7.64. The number of hydrogen-bond donors (Lipinski definition) is 1. The topological polar surface area (TPSA) is 75.4 Å². The number of oxime groups is 1. The first-order chi connectivity index (χ1) is 10.1. The third-order valence-corrected chi connectivity index (χ3v) is 3.86. The van der Waals surface area contributed by atoms with Crippen LogP contribution in [-0.2, 0) is 0 Å². The minimum absolute atomic E-state index is 0.189. The van der Waals surface area contributed by atoms with Crippen molar-refractivity contribution in [3.05, 3.63) is 51.8 Å². The second-order valence-electron chi connectivity index (χ2n) is 3.84. The fourth-order valence-electron chi connectivity index (χ4n) is 1.56. The van der Waals surface area contributed by atoms with E-state index in [1.54, 1.807) is 6.26 Å². The fraction of sp³-hybridized carbons (Fsp3) is 0.0769. The number of benzene rings is 1. The van der Waals surface area contributed by atoms with Crippen LogP contribution >= 0.6 is 35.0 Å². The second-order valence-corrected chi connectivity index (χ2v) is 5.42. The Morgan fingerprint density at radius 1 is 1.29 bits per heavy atom. The molecule has 0 saturated heterocycles. The summed E-state index contributed by atoms with van der Waals surface area (Å²) < 4.78 is 0. The quantitative estimate of drug-likeness (QED) is 0.230. The van der Waals surface area contributed by atoms with Crippen LogP contribution in [0.4, 0.5) is 0 Å². The van der Waals surface area contributed by atoms with E-state index in [4.69, 9.17) is 28.4 Å². The van der Waals surface area contributed by atoms with E-state index in [-0.39, 0.29) is 22.0 Å². The molecule has 108 valence electrons. The highest BCUT2D eigenvalue weighted by Crippen LogP contribution is 2.23. The van der Waals surface area contributed by atoms with Crippen LogP contribution < -0.4 is 0 Å². The highest BCUT2D eigenvalue weighted by molar-refractivity contribution is 7.98. The standard InChI is InChI=1S/C13H9Cl2N3O2S/c1-21-13-16-5-4-10(17-13)11(18-20)12(19)7-2-3-8(14)9(15)6-7/h2-6,20H,1H3/b18-11+. The highest BCUT2D eigenvalue weighted by Gasteiger charge is 2.19. The molecule has 1 heterocycles. The summed E-state index contributed by atoms with van der Waals surface area (Å²) in [5.74, 6) is -0.512. The number of carbonyl (C=O) groups is 1. The Labute approximate surface area is 135 Å². The van der Waals surface area contributed by atoms with E-state index >= 15 is 0 Å². The summed E-state index contributed by atoms with van der Waals surface area (Å²) in [6, 6.07) is 5.90. The number of thioether (sulfide) groups is 1. The number of nitrogens with zero attached hydrogens (tertiary/aromatic N) is 3. The average molecular weight is 342 g/mol. The molecule has 1 N–H and O–H groups in total. The first-order valence-electron chi connectivity index (χ1n) is 5.66. The molecule has 0 amide bonds. The van der Waals surface area contributed by atoms with Gasteiger partial charge in [0.1, 0.15) is 5.69 Å². The molecule has 8 heteroatoms. The largest absolute Gasteiger partial charge is 0.410 e. The summed E-state index contributed by atoms with van der Waals surface area (Å²) in [7, 11) is 0. The Kier molecular flexibility index (Phi) is 5.17. The van der Waals surface area contributed by atoms with E-state index in [1.165, 1.54) is 42.2 Å². The van der Waals surface area contributed by atoms with Crippen LogP contribution in [0.3, 0.4) is 0 Å². The van der Waals surface area contributed by atoms with Gasteiger partial charge in [-0.05, 0) is 30.5 Å². The van der Waals surface area contributed by atoms with Gasteiger partial charge in [-0.3, -0.25) is 4.79 Å². The monoisotopic (exact) mass is 341 g/mol. The number of hydrogen-bond acceptors (Lipinski definition) is 6. The van der Waals surface area contributed by atoms with Crippen LogP contribution in [-0.4, -0.2) is 32.9 Å². The third kappa shape index (κ3) is 3.53. The van der Waals surface area contributed by atoms with Crippen molar-refractivity contribution >= 4 is 46.5 Å². The lowest BCUT2D eigenvalue weighted by Crippen LogP contribution is -2.18. The van der Waals surface area contributed by atoms with E-state index in [2.05, 4.69) is 15.1 Å². The minimum atomic E-state index is -0.512. The average Bonchev–Trinajstić information content (AvgIpc) is 2.51. The van der Waals surface area contributed by atoms with Crippen molar-refractivity contribution in [2.24, 2.45) is 5.16 Å². The molecule has 0 aliphatic carbocycles. The minimum Gasteiger partial charge on any atom is -0.410 e. The predicted molar refractivity (Wildman–Crippen MR) is 82.9 cm³/mol. The van der Waals surface area contributed by atoms with E-state index in [0.717, 1.165) is 0 Å².